The Morgan fingerprint density at radius 1 is 0.516 bits per heavy atom. The summed E-state index contributed by atoms with van der Waals surface area (Å²) in [5.74, 6) is 0. The van der Waals surface area contributed by atoms with Crippen molar-refractivity contribution in [2.75, 3.05) is 0 Å². The van der Waals surface area contributed by atoms with Crippen molar-refractivity contribution in [1.29, 1.82) is 0 Å². The van der Waals surface area contributed by atoms with Crippen LogP contribution in [0.2, 0.25) is 0 Å². The standard InChI is InChI=1S/C60H45NS/c1-39(41-15-4-2-5-16-41)33-55-56-38-44(42-17-6-3-7-18-42)29-32-59(56)62-60(55)35-40-27-31-58-54(34-40)52-25-12-13-26-57(52)61(58)46-20-14-19-43(36-46)45-28-30-51-49-23-9-8-21-47(49)48-22-10-11-24-50(48)53(51)37-45/h3-4,6-7,10-34,36-38H,2,5,8-9,35H2,1H3/b39-33+. The lowest BCUT2D eigenvalue weighted by Crippen LogP contribution is -2.28. The number of para-hydroxylation sites is 1. The van der Waals surface area contributed by atoms with Gasteiger partial charge in [-0.2, -0.15) is 0 Å². The fraction of sp³-hybridized carbons (Fsp3) is 0.100. The summed E-state index contributed by atoms with van der Waals surface area (Å²) >= 11 is 1.94. The molecule has 2 heterocycles. The largest absolute Gasteiger partial charge is 0.309 e. The first-order valence-corrected chi connectivity index (χ1v) is 22.9. The molecule has 1 nitrogen and oxygen atoms in total. The Hall–Kier alpha value is -7.00. The van der Waals surface area contributed by atoms with E-state index in [0.717, 1.165) is 32.1 Å². The maximum absolute atomic E-state index is 2.46. The minimum atomic E-state index is 0.870. The summed E-state index contributed by atoms with van der Waals surface area (Å²) in [6, 6.07) is 59.0. The second-order valence-electron chi connectivity index (χ2n) is 17.0. The molecular weight excluding hydrogens is 767 g/mol. The molecule has 2 aromatic heterocycles. The lowest BCUT2D eigenvalue weighted by Gasteiger charge is -2.13. The van der Waals surface area contributed by atoms with E-state index in [2.05, 4.69) is 206 Å². The molecule has 296 valence electrons. The van der Waals surface area contributed by atoms with Crippen LogP contribution < -0.4 is 10.4 Å². The van der Waals surface area contributed by atoms with E-state index >= 15 is 0 Å². The van der Waals surface area contributed by atoms with E-state index in [9.17, 15) is 0 Å². The summed E-state index contributed by atoms with van der Waals surface area (Å²) in [6.45, 7) is 2.28. The second-order valence-corrected chi connectivity index (χ2v) is 18.2. The zero-order valence-corrected chi connectivity index (χ0v) is 35.7. The van der Waals surface area contributed by atoms with E-state index in [1.165, 1.54) is 119 Å². The van der Waals surface area contributed by atoms with Gasteiger partial charge >= 0.3 is 0 Å². The van der Waals surface area contributed by atoms with Crippen LogP contribution in [0.1, 0.15) is 48.6 Å². The third-order valence-electron chi connectivity index (χ3n) is 13.2. The SMILES string of the molecule is C/C(=C\c1c(Cc2ccc3c(c2)c2ccccc2n3-c2cccc(-c3ccc4c5c(c6ccccc6c4c3)=CCCC=5)c2)sc2ccc(-c3ccccc3)cc12)C1=CCCC=C1. The van der Waals surface area contributed by atoms with E-state index in [0.29, 0.717) is 0 Å². The third-order valence-corrected chi connectivity index (χ3v) is 14.4. The number of aromatic nitrogens is 1. The van der Waals surface area contributed by atoms with Crippen LogP contribution in [0.4, 0.5) is 0 Å². The first-order valence-electron chi connectivity index (χ1n) is 22.1. The van der Waals surface area contributed by atoms with Gasteiger partial charge in [0.2, 0.25) is 0 Å². The van der Waals surface area contributed by atoms with Crippen LogP contribution in [-0.2, 0) is 6.42 Å². The van der Waals surface area contributed by atoms with Gasteiger partial charge in [0.05, 0.1) is 11.0 Å². The zero-order chi connectivity index (χ0) is 41.1. The summed E-state index contributed by atoms with van der Waals surface area (Å²) in [7, 11) is 0. The summed E-state index contributed by atoms with van der Waals surface area (Å²) in [5, 5.41) is 12.0. The zero-order valence-electron chi connectivity index (χ0n) is 34.9. The average molecular weight is 812 g/mol. The highest BCUT2D eigenvalue weighted by atomic mass is 32.1. The Labute approximate surface area is 366 Å². The topological polar surface area (TPSA) is 4.93 Å². The molecule has 2 aliphatic rings. The first-order chi connectivity index (χ1) is 30.6. The number of hydrogen-bond acceptors (Lipinski definition) is 1. The highest BCUT2D eigenvalue weighted by Crippen LogP contribution is 2.40. The molecule has 0 atom stereocenters. The molecule has 0 aliphatic heterocycles. The predicted octanol–water partition coefficient (Wildman–Crippen LogP) is 15.3. The number of thiophene rings is 1. The Morgan fingerprint density at radius 2 is 1.19 bits per heavy atom. The molecule has 0 radical (unpaired) electrons. The highest BCUT2D eigenvalue weighted by molar-refractivity contribution is 7.19. The number of benzene rings is 8. The predicted molar refractivity (Wildman–Crippen MR) is 269 cm³/mol. The van der Waals surface area contributed by atoms with Gasteiger partial charge in [0.1, 0.15) is 0 Å². The summed E-state index contributed by atoms with van der Waals surface area (Å²) in [5.41, 5.74) is 13.9. The number of fused-ring (bicyclic) bond motifs is 10. The van der Waals surface area contributed by atoms with Gasteiger partial charge in [0.25, 0.3) is 0 Å². The van der Waals surface area contributed by atoms with Crippen molar-refractivity contribution in [2.24, 2.45) is 0 Å². The first kappa shape index (κ1) is 36.8. The number of hydrogen-bond donors (Lipinski definition) is 0. The van der Waals surface area contributed by atoms with Crippen LogP contribution in [0.15, 0.2) is 187 Å². The fourth-order valence-corrected chi connectivity index (χ4v) is 11.4. The van der Waals surface area contributed by atoms with E-state index in [-0.39, 0.29) is 0 Å². The number of allylic oxidation sites excluding steroid dienone is 5. The van der Waals surface area contributed by atoms with Crippen LogP contribution in [0, 0.1) is 0 Å². The van der Waals surface area contributed by atoms with Crippen molar-refractivity contribution in [2.45, 2.75) is 39.0 Å². The maximum Gasteiger partial charge on any atom is 0.0541 e. The van der Waals surface area contributed by atoms with Crippen molar-refractivity contribution >= 4 is 83.0 Å². The third kappa shape index (κ3) is 6.29. The Morgan fingerprint density at radius 3 is 2.03 bits per heavy atom. The van der Waals surface area contributed by atoms with Gasteiger partial charge in [0, 0.05) is 37.8 Å². The molecule has 0 saturated carbocycles. The summed E-state index contributed by atoms with van der Waals surface area (Å²) in [6.07, 6.45) is 19.6. The van der Waals surface area contributed by atoms with Crippen LogP contribution in [0.3, 0.4) is 0 Å². The molecule has 12 rings (SSSR count). The van der Waals surface area contributed by atoms with Gasteiger partial charge < -0.3 is 4.57 Å². The van der Waals surface area contributed by atoms with Gasteiger partial charge in [-0.25, -0.2) is 0 Å². The molecule has 8 aromatic carbocycles. The van der Waals surface area contributed by atoms with Crippen molar-refractivity contribution in [3.05, 3.63) is 214 Å². The van der Waals surface area contributed by atoms with Gasteiger partial charge in [-0.3, -0.25) is 0 Å². The minimum Gasteiger partial charge on any atom is -0.309 e. The lowest BCUT2D eigenvalue weighted by atomic mass is 9.92. The molecule has 62 heavy (non-hydrogen) atoms. The molecule has 0 unspecified atom stereocenters. The van der Waals surface area contributed by atoms with E-state index in [4.69, 9.17) is 0 Å². The number of rotatable bonds is 7. The molecule has 0 bridgehead atoms. The van der Waals surface area contributed by atoms with Crippen molar-refractivity contribution in [3.63, 3.8) is 0 Å². The molecule has 0 spiro atoms. The highest BCUT2D eigenvalue weighted by Gasteiger charge is 2.18. The minimum absolute atomic E-state index is 0.870. The molecule has 0 fully saturated rings. The Bertz CT molecular complexity index is 3660. The van der Waals surface area contributed by atoms with Gasteiger partial charge in [0.15, 0.2) is 0 Å². The second kappa shape index (κ2) is 15.2. The van der Waals surface area contributed by atoms with Crippen molar-refractivity contribution < 1.29 is 0 Å². The molecule has 10 aromatic rings. The smallest absolute Gasteiger partial charge is 0.0541 e. The Balaban J connectivity index is 0.960. The molecule has 0 saturated heterocycles. The van der Waals surface area contributed by atoms with E-state index in [1.54, 1.807) is 0 Å². The van der Waals surface area contributed by atoms with Crippen LogP contribution >= 0.6 is 11.3 Å². The Kier molecular flexibility index (Phi) is 9.01. The maximum atomic E-state index is 2.46. The van der Waals surface area contributed by atoms with Crippen LogP contribution in [0.5, 0.6) is 0 Å². The molecule has 2 heteroatoms. The quantitative estimate of drug-likeness (QED) is 0.141. The molecule has 0 amide bonds. The van der Waals surface area contributed by atoms with Gasteiger partial charge in [-0.15, -0.1) is 11.3 Å². The van der Waals surface area contributed by atoms with E-state index < -0.39 is 0 Å². The monoisotopic (exact) mass is 811 g/mol. The molecule has 2 aliphatic carbocycles. The van der Waals surface area contributed by atoms with Crippen LogP contribution in [-0.4, -0.2) is 4.57 Å². The fourth-order valence-electron chi connectivity index (χ4n) is 10.2. The van der Waals surface area contributed by atoms with Crippen molar-refractivity contribution in [1.82, 2.24) is 4.57 Å². The van der Waals surface area contributed by atoms with Gasteiger partial charge in [-0.1, -0.05) is 140 Å². The number of nitrogens with zero attached hydrogens (tertiary/aromatic N) is 1. The molecule has 0 N–H and O–H groups in total. The molecular formula is C60H45NS. The lowest BCUT2D eigenvalue weighted by molar-refractivity contribution is 1.02. The summed E-state index contributed by atoms with van der Waals surface area (Å²) in [4.78, 5) is 1.40. The normalized spacial score (nSPS) is 14.1. The van der Waals surface area contributed by atoms with E-state index in [1.807, 2.05) is 11.3 Å². The van der Waals surface area contributed by atoms with Crippen molar-refractivity contribution in [3.8, 4) is 27.9 Å². The average Bonchev–Trinajstić information content (AvgIpc) is 3.85. The van der Waals surface area contributed by atoms with Gasteiger partial charge in [-0.05, 0) is 164 Å². The summed E-state index contributed by atoms with van der Waals surface area (Å²) < 4.78 is 3.79. The van der Waals surface area contributed by atoms with Crippen LogP contribution in [0.25, 0.3) is 99.6 Å².